The van der Waals surface area contributed by atoms with Crippen LogP contribution in [0.3, 0.4) is 0 Å². The summed E-state index contributed by atoms with van der Waals surface area (Å²) in [6.45, 7) is -1.46. The van der Waals surface area contributed by atoms with Gasteiger partial charge >= 0.3 is 12.1 Å². The number of nitrogens with zero attached hydrogens (tertiary/aromatic N) is 1. The van der Waals surface area contributed by atoms with Crippen LogP contribution < -0.4 is 9.47 Å². The first kappa shape index (κ1) is 17.9. The molecule has 1 aliphatic heterocycles. The van der Waals surface area contributed by atoms with E-state index < -0.39 is 37.2 Å². The second kappa shape index (κ2) is 7.41. The first-order chi connectivity index (χ1) is 11.3. The van der Waals surface area contributed by atoms with Gasteiger partial charge in [0.1, 0.15) is 0 Å². The van der Waals surface area contributed by atoms with Gasteiger partial charge in [-0.05, 0) is 18.6 Å². The third-order valence-corrected chi connectivity index (χ3v) is 3.48. The van der Waals surface area contributed by atoms with E-state index >= 15 is 0 Å². The van der Waals surface area contributed by atoms with Crippen LogP contribution in [0.1, 0.15) is 6.42 Å². The van der Waals surface area contributed by atoms with Gasteiger partial charge in [-0.2, -0.15) is 13.2 Å². The molecule has 0 bridgehead atoms. The van der Waals surface area contributed by atoms with Gasteiger partial charge in [-0.1, -0.05) is 12.1 Å². The first-order valence-electron chi connectivity index (χ1n) is 7.18. The van der Waals surface area contributed by atoms with E-state index in [2.05, 4.69) is 4.74 Å². The van der Waals surface area contributed by atoms with Crippen LogP contribution in [0.4, 0.5) is 13.2 Å². The Morgan fingerprint density at radius 3 is 2.38 bits per heavy atom. The summed E-state index contributed by atoms with van der Waals surface area (Å²) in [5, 5.41) is 8.90. The highest BCUT2D eigenvalue weighted by Gasteiger charge is 2.31. The average Bonchev–Trinajstić information content (AvgIpc) is 3.01. The molecule has 0 saturated carbocycles. The summed E-state index contributed by atoms with van der Waals surface area (Å²) in [4.78, 5) is 24.2. The molecule has 24 heavy (non-hydrogen) atoms. The Balaban J connectivity index is 1.90. The molecule has 1 N–H and O–H groups in total. The fourth-order valence-electron chi connectivity index (χ4n) is 2.27. The van der Waals surface area contributed by atoms with Gasteiger partial charge in [0.2, 0.25) is 0 Å². The molecule has 0 aliphatic carbocycles. The largest absolute Gasteiger partial charge is 0.481 e. The number of carboxylic acid groups (broad SMARTS) is 1. The van der Waals surface area contributed by atoms with Crippen molar-refractivity contribution in [1.29, 1.82) is 0 Å². The minimum Gasteiger partial charge on any atom is -0.481 e. The third kappa shape index (κ3) is 5.04. The van der Waals surface area contributed by atoms with Gasteiger partial charge in [0, 0.05) is 13.1 Å². The molecule has 1 amide bonds. The van der Waals surface area contributed by atoms with Crippen molar-refractivity contribution in [3.8, 4) is 11.5 Å². The van der Waals surface area contributed by atoms with Crippen molar-refractivity contribution in [2.45, 2.75) is 12.6 Å². The number of aliphatic carboxylic acids is 1. The average molecular weight is 347 g/mol. The molecule has 1 atom stereocenters. The van der Waals surface area contributed by atoms with Crippen molar-refractivity contribution >= 4 is 11.9 Å². The van der Waals surface area contributed by atoms with Crippen molar-refractivity contribution < 1.29 is 37.3 Å². The summed E-state index contributed by atoms with van der Waals surface area (Å²) in [6, 6.07) is 5.72. The number of alkyl halides is 3. The lowest BCUT2D eigenvalue weighted by Gasteiger charge is -2.17. The highest BCUT2D eigenvalue weighted by Crippen LogP contribution is 2.28. The molecule has 0 aromatic heterocycles. The van der Waals surface area contributed by atoms with Gasteiger partial charge in [-0.15, -0.1) is 0 Å². The number of carbonyl (C=O) groups is 2. The predicted molar refractivity (Wildman–Crippen MR) is 75.8 cm³/mol. The summed E-state index contributed by atoms with van der Waals surface area (Å²) in [6.07, 6.45) is -4.11. The number of hydrogen-bond donors (Lipinski definition) is 1. The van der Waals surface area contributed by atoms with Gasteiger partial charge in [-0.25, -0.2) is 0 Å². The molecule has 9 heteroatoms. The molecule has 1 aliphatic rings. The van der Waals surface area contributed by atoms with Crippen LogP contribution in [0.25, 0.3) is 0 Å². The van der Waals surface area contributed by atoms with E-state index in [4.69, 9.17) is 9.84 Å². The zero-order chi connectivity index (χ0) is 17.7. The first-order valence-corrected chi connectivity index (χ1v) is 7.18. The Bertz CT molecular complexity index is 605. The molecular formula is C15H16F3NO5. The topological polar surface area (TPSA) is 76.1 Å². The molecule has 1 aromatic rings. The highest BCUT2D eigenvalue weighted by atomic mass is 19.4. The van der Waals surface area contributed by atoms with E-state index in [9.17, 15) is 22.8 Å². The monoisotopic (exact) mass is 347 g/mol. The molecule has 1 heterocycles. The quantitative estimate of drug-likeness (QED) is 0.851. The van der Waals surface area contributed by atoms with E-state index in [1.165, 1.54) is 29.2 Å². The number of carbonyl (C=O) groups excluding carboxylic acids is 1. The zero-order valence-corrected chi connectivity index (χ0v) is 12.6. The summed E-state index contributed by atoms with van der Waals surface area (Å²) >= 11 is 0. The van der Waals surface area contributed by atoms with Crippen LogP contribution in [0.5, 0.6) is 11.5 Å². The Labute approximate surface area is 135 Å². The molecule has 1 fully saturated rings. The number of rotatable bonds is 6. The number of ether oxygens (including phenoxy) is 2. The van der Waals surface area contributed by atoms with Crippen LogP contribution in [-0.2, 0) is 9.59 Å². The highest BCUT2D eigenvalue weighted by molar-refractivity contribution is 5.80. The maximum Gasteiger partial charge on any atom is 0.422 e. The van der Waals surface area contributed by atoms with Gasteiger partial charge in [-0.3, -0.25) is 9.59 Å². The van der Waals surface area contributed by atoms with Crippen molar-refractivity contribution in [2.24, 2.45) is 5.92 Å². The van der Waals surface area contributed by atoms with Crippen molar-refractivity contribution in [3.63, 3.8) is 0 Å². The van der Waals surface area contributed by atoms with Gasteiger partial charge in [0.05, 0.1) is 5.92 Å². The van der Waals surface area contributed by atoms with Crippen molar-refractivity contribution in [2.75, 3.05) is 26.3 Å². The molecule has 2 rings (SSSR count). The molecule has 132 valence electrons. The minimum absolute atomic E-state index is 0.0177. The molecule has 1 aromatic carbocycles. The number of amides is 1. The fourth-order valence-corrected chi connectivity index (χ4v) is 2.27. The Kier molecular flexibility index (Phi) is 5.53. The SMILES string of the molecule is O=C(O)[C@H]1CCN(C(=O)COc2ccccc2OCC(F)(F)F)C1. The summed E-state index contributed by atoms with van der Waals surface area (Å²) < 4.78 is 46.6. The smallest absolute Gasteiger partial charge is 0.422 e. The zero-order valence-electron chi connectivity index (χ0n) is 12.6. The van der Waals surface area contributed by atoms with Crippen LogP contribution in [0.2, 0.25) is 0 Å². The van der Waals surface area contributed by atoms with Crippen LogP contribution in [-0.4, -0.2) is 54.4 Å². The second-order valence-electron chi connectivity index (χ2n) is 5.30. The fraction of sp³-hybridized carbons (Fsp3) is 0.467. The van der Waals surface area contributed by atoms with E-state index in [1.54, 1.807) is 0 Å². The molecule has 0 spiro atoms. The molecule has 0 radical (unpaired) electrons. The third-order valence-electron chi connectivity index (χ3n) is 3.48. The van der Waals surface area contributed by atoms with Crippen LogP contribution in [0.15, 0.2) is 24.3 Å². The number of likely N-dealkylation sites (tertiary alicyclic amines) is 1. The second-order valence-corrected chi connectivity index (χ2v) is 5.30. The lowest BCUT2D eigenvalue weighted by molar-refractivity contribution is -0.153. The number of halogens is 3. The summed E-state index contributed by atoms with van der Waals surface area (Å²) in [7, 11) is 0. The lowest BCUT2D eigenvalue weighted by atomic mass is 10.1. The van der Waals surface area contributed by atoms with E-state index in [-0.39, 0.29) is 18.0 Å². The van der Waals surface area contributed by atoms with E-state index in [0.29, 0.717) is 13.0 Å². The van der Waals surface area contributed by atoms with E-state index in [0.717, 1.165) is 0 Å². The minimum atomic E-state index is -4.48. The number of carboxylic acids is 1. The maximum atomic E-state index is 12.2. The Hall–Kier alpha value is -2.45. The molecule has 1 saturated heterocycles. The van der Waals surface area contributed by atoms with Gasteiger partial charge in [0.25, 0.3) is 5.91 Å². The number of benzene rings is 1. The van der Waals surface area contributed by atoms with E-state index in [1.807, 2.05) is 0 Å². The van der Waals surface area contributed by atoms with Crippen LogP contribution in [0, 0.1) is 5.92 Å². The summed E-state index contributed by atoms with van der Waals surface area (Å²) in [5.41, 5.74) is 0. The van der Waals surface area contributed by atoms with Crippen molar-refractivity contribution in [1.82, 2.24) is 4.90 Å². The standard InChI is InChI=1S/C15H16F3NO5/c16-15(17,18)9-24-12-4-2-1-3-11(12)23-8-13(20)19-6-5-10(7-19)14(21)22/h1-4,10H,5-9H2,(H,21,22)/t10-/m0/s1. The number of hydrogen-bond acceptors (Lipinski definition) is 4. The maximum absolute atomic E-state index is 12.2. The Morgan fingerprint density at radius 1 is 1.21 bits per heavy atom. The molecule has 0 unspecified atom stereocenters. The lowest BCUT2D eigenvalue weighted by Crippen LogP contribution is -2.33. The van der Waals surface area contributed by atoms with Gasteiger partial charge < -0.3 is 19.5 Å². The molecular weight excluding hydrogens is 331 g/mol. The predicted octanol–water partition coefficient (Wildman–Crippen LogP) is 1.94. The summed E-state index contributed by atoms with van der Waals surface area (Å²) in [5.74, 6) is -2.09. The van der Waals surface area contributed by atoms with Gasteiger partial charge in [0.15, 0.2) is 24.7 Å². The number of para-hydroxylation sites is 2. The van der Waals surface area contributed by atoms with Crippen LogP contribution >= 0.6 is 0 Å². The normalized spacial score (nSPS) is 17.6. The molecule has 6 nitrogen and oxygen atoms in total. The van der Waals surface area contributed by atoms with Crippen molar-refractivity contribution in [3.05, 3.63) is 24.3 Å². The Morgan fingerprint density at radius 2 is 1.83 bits per heavy atom.